The van der Waals surface area contributed by atoms with Crippen molar-refractivity contribution in [2.45, 2.75) is 33.0 Å². The van der Waals surface area contributed by atoms with Gasteiger partial charge in [0.2, 0.25) is 0 Å². The quantitative estimate of drug-likeness (QED) is 0.833. The first-order chi connectivity index (χ1) is 11.9. The van der Waals surface area contributed by atoms with Crippen LogP contribution in [0.3, 0.4) is 0 Å². The van der Waals surface area contributed by atoms with Crippen LogP contribution < -0.4 is 4.74 Å². The predicted molar refractivity (Wildman–Crippen MR) is 90.2 cm³/mol. The minimum absolute atomic E-state index is 0.0101. The summed E-state index contributed by atoms with van der Waals surface area (Å²) < 4.78 is 7.35. The Balaban J connectivity index is 1.57. The molecule has 7 heteroatoms. The van der Waals surface area contributed by atoms with Gasteiger partial charge in [0.05, 0.1) is 30.6 Å². The molecule has 0 saturated heterocycles. The third-order valence-electron chi connectivity index (χ3n) is 4.22. The topological polar surface area (TPSA) is 84.7 Å². The van der Waals surface area contributed by atoms with E-state index in [1.165, 1.54) is 6.92 Å². The van der Waals surface area contributed by atoms with Gasteiger partial charge in [-0.05, 0) is 44.2 Å². The molecular formula is C18H21N3O4. The highest BCUT2D eigenvalue weighted by Crippen LogP contribution is 2.18. The van der Waals surface area contributed by atoms with Crippen molar-refractivity contribution in [3.8, 4) is 5.75 Å². The van der Waals surface area contributed by atoms with E-state index in [2.05, 4.69) is 5.10 Å². The molecule has 1 atom stereocenters. The molecule has 3 rings (SSSR count). The molecule has 0 radical (unpaired) electrons. The molecule has 1 aliphatic rings. The molecule has 25 heavy (non-hydrogen) atoms. The molecule has 1 aliphatic heterocycles. The minimum atomic E-state index is -0.622. The number of amides is 1. The molecule has 0 saturated carbocycles. The number of carbonyl (C=O) groups is 2. The largest absolute Gasteiger partial charge is 0.484 e. The number of nitrogens with zero attached hydrogens (tertiary/aromatic N) is 3. The maximum absolute atomic E-state index is 12.4. The molecule has 132 valence electrons. The van der Waals surface area contributed by atoms with E-state index in [0.29, 0.717) is 36.6 Å². The number of hydrogen-bond acceptors (Lipinski definition) is 5. The van der Waals surface area contributed by atoms with Crippen LogP contribution in [0.5, 0.6) is 5.75 Å². The predicted octanol–water partition coefficient (Wildman–Crippen LogP) is 1.56. The van der Waals surface area contributed by atoms with Gasteiger partial charge in [-0.25, -0.2) is 0 Å². The Labute approximate surface area is 145 Å². The zero-order valence-electron chi connectivity index (χ0n) is 14.3. The lowest BCUT2D eigenvalue weighted by molar-refractivity contribution is -0.134. The Morgan fingerprint density at radius 2 is 2.00 bits per heavy atom. The summed E-state index contributed by atoms with van der Waals surface area (Å²) in [5, 5.41) is 13.9. The van der Waals surface area contributed by atoms with Crippen molar-refractivity contribution in [2.24, 2.45) is 0 Å². The molecule has 1 N–H and O–H groups in total. The summed E-state index contributed by atoms with van der Waals surface area (Å²) in [5.74, 6) is 0.433. The van der Waals surface area contributed by atoms with Gasteiger partial charge in [0, 0.05) is 12.1 Å². The minimum Gasteiger partial charge on any atom is -0.484 e. The summed E-state index contributed by atoms with van der Waals surface area (Å²) in [6.07, 6.45) is -0.622. The van der Waals surface area contributed by atoms with Gasteiger partial charge >= 0.3 is 0 Å². The summed E-state index contributed by atoms with van der Waals surface area (Å²) in [6, 6.07) is 8.55. The Morgan fingerprint density at radius 3 is 2.64 bits per heavy atom. The summed E-state index contributed by atoms with van der Waals surface area (Å²) in [6.45, 7) is 4.72. The zero-order valence-corrected chi connectivity index (χ0v) is 14.3. The van der Waals surface area contributed by atoms with E-state index in [-0.39, 0.29) is 18.3 Å². The highest BCUT2D eigenvalue weighted by atomic mass is 16.5. The van der Waals surface area contributed by atoms with Crippen molar-refractivity contribution in [3.63, 3.8) is 0 Å². The fourth-order valence-corrected chi connectivity index (χ4v) is 2.73. The Kier molecular flexibility index (Phi) is 4.85. The number of aliphatic hydroxyl groups is 1. The van der Waals surface area contributed by atoms with E-state index in [1.54, 1.807) is 36.1 Å². The van der Waals surface area contributed by atoms with Gasteiger partial charge in [-0.15, -0.1) is 0 Å². The van der Waals surface area contributed by atoms with E-state index < -0.39 is 6.10 Å². The fraction of sp³-hybridized carbons (Fsp3) is 0.389. The number of fused-ring (bicyclic) bond motifs is 1. The number of aliphatic hydroxyl groups excluding tert-OH is 1. The lowest BCUT2D eigenvalue weighted by atomic mass is 10.1. The van der Waals surface area contributed by atoms with Gasteiger partial charge in [-0.2, -0.15) is 5.10 Å². The molecule has 0 bridgehead atoms. The van der Waals surface area contributed by atoms with Crippen LogP contribution in [0, 0.1) is 0 Å². The molecule has 0 fully saturated rings. The molecule has 2 aromatic rings. The highest BCUT2D eigenvalue weighted by molar-refractivity contribution is 5.94. The SMILES string of the molecule is CC(=O)c1ccc(OCC(=O)N2CCn3nc([C@H](C)O)cc3C2)cc1. The Hall–Kier alpha value is -2.67. The van der Waals surface area contributed by atoms with Gasteiger partial charge in [-0.3, -0.25) is 14.3 Å². The number of rotatable bonds is 5. The Bertz CT molecular complexity index is 780. The first kappa shape index (κ1) is 17.2. The van der Waals surface area contributed by atoms with Gasteiger partial charge in [0.15, 0.2) is 12.4 Å². The smallest absolute Gasteiger partial charge is 0.260 e. The highest BCUT2D eigenvalue weighted by Gasteiger charge is 2.23. The van der Waals surface area contributed by atoms with Crippen LogP contribution in [-0.4, -0.2) is 44.6 Å². The number of benzene rings is 1. The van der Waals surface area contributed by atoms with E-state index >= 15 is 0 Å². The van der Waals surface area contributed by atoms with Gasteiger partial charge in [0.25, 0.3) is 5.91 Å². The lowest BCUT2D eigenvalue weighted by Gasteiger charge is -2.27. The number of ether oxygens (including phenoxy) is 1. The number of aromatic nitrogens is 2. The third kappa shape index (κ3) is 3.88. The lowest BCUT2D eigenvalue weighted by Crippen LogP contribution is -2.40. The van der Waals surface area contributed by atoms with E-state index in [1.807, 2.05) is 10.7 Å². The molecule has 0 unspecified atom stereocenters. The number of hydrogen-bond donors (Lipinski definition) is 1. The molecule has 1 aromatic carbocycles. The summed E-state index contributed by atoms with van der Waals surface area (Å²) >= 11 is 0. The number of carbonyl (C=O) groups excluding carboxylic acids is 2. The van der Waals surface area contributed by atoms with Crippen LogP contribution in [0.4, 0.5) is 0 Å². The van der Waals surface area contributed by atoms with Crippen molar-refractivity contribution in [2.75, 3.05) is 13.2 Å². The first-order valence-corrected chi connectivity index (χ1v) is 8.20. The van der Waals surface area contributed by atoms with Crippen molar-refractivity contribution in [1.29, 1.82) is 0 Å². The molecule has 0 aliphatic carbocycles. The van der Waals surface area contributed by atoms with Crippen molar-refractivity contribution in [1.82, 2.24) is 14.7 Å². The van der Waals surface area contributed by atoms with Crippen LogP contribution in [0.2, 0.25) is 0 Å². The summed E-state index contributed by atoms with van der Waals surface area (Å²) in [4.78, 5) is 25.3. The summed E-state index contributed by atoms with van der Waals surface area (Å²) in [5.41, 5.74) is 2.13. The second-order valence-electron chi connectivity index (χ2n) is 6.14. The van der Waals surface area contributed by atoms with Crippen molar-refractivity contribution < 1.29 is 19.4 Å². The normalized spacial score (nSPS) is 14.8. The molecule has 1 aromatic heterocycles. The van der Waals surface area contributed by atoms with Crippen molar-refractivity contribution in [3.05, 3.63) is 47.3 Å². The van der Waals surface area contributed by atoms with Crippen LogP contribution in [0.15, 0.2) is 30.3 Å². The van der Waals surface area contributed by atoms with Gasteiger partial charge in [-0.1, -0.05) is 0 Å². The zero-order chi connectivity index (χ0) is 18.0. The first-order valence-electron chi connectivity index (χ1n) is 8.20. The maximum atomic E-state index is 12.4. The molecule has 1 amide bonds. The molecule has 2 heterocycles. The van der Waals surface area contributed by atoms with Gasteiger partial charge in [0.1, 0.15) is 5.75 Å². The molecular weight excluding hydrogens is 322 g/mol. The van der Waals surface area contributed by atoms with Crippen LogP contribution in [-0.2, 0) is 17.9 Å². The van der Waals surface area contributed by atoms with E-state index in [4.69, 9.17) is 4.74 Å². The monoisotopic (exact) mass is 343 g/mol. The van der Waals surface area contributed by atoms with Crippen LogP contribution in [0.25, 0.3) is 0 Å². The standard InChI is InChI=1S/C18H21N3O4/c1-12(22)14-3-5-16(6-4-14)25-11-18(24)20-7-8-21-15(10-20)9-17(19-21)13(2)23/h3-6,9,13,23H,7-8,10-11H2,1-2H3/t13-/m0/s1. The van der Waals surface area contributed by atoms with Crippen LogP contribution >= 0.6 is 0 Å². The second-order valence-corrected chi connectivity index (χ2v) is 6.14. The second kappa shape index (κ2) is 7.06. The molecule has 0 spiro atoms. The third-order valence-corrected chi connectivity index (χ3v) is 4.22. The summed E-state index contributed by atoms with van der Waals surface area (Å²) in [7, 11) is 0. The average molecular weight is 343 g/mol. The number of Topliss-reactive ketones (excluding diaryl/α,β-unsaturated/α-hetero) is 1. The number of ketones is 1. The maximum Gasteiger partial charge on any atom is 0.260 e. The van der Waals surface area contributed by atoms with Crippen molar-refractivity contribution >= 4 is 11.7 Å². The van der Waals surface area contributed by atoms with E-state index in [9.17, 15) is 14.7 Å². The van der Waals surface area contributed by atoms with Gasteiger partial charge < -0.3 is 14.7 Å². The fourth-order valence-electron chi connectivity index (χ4n) is 2.73. The average Bonchev–Trinajstić information content (AvgIpc) is 3.03. The molecule has 7 nitrogen and oxygen atoms in total. The van der Waals surface area contributed by atoms with E-state index in [0.717, 1.165) is 5.69 Å². The Morgan fingerprint density at radius 1 is 1.28 bits per heavy atom. The van der Waals surface area contributed by atoms with Crippen LogP contribution in [0.1, 0.15) is 41.7 Å².